The molecule has 1 aliphatic carbocycles. The van der Waals surface area contributed by atoms with Crippen molar-refractivity contribution in [3.63, 3.8) is 0 Å². The van der Waals surface area contributed by atoms with E-state index in [1.54, 1.807) is 0 Å². The maximum absolute atomic E-state index is 10.3. The van der Waals surface area contributed by atoms with Gasteiger partial charge in [0.15, 0.2) is 0 Å². The van der Waals surface area contributed by atoms with Crippen molar-refractivity contribution in [2.45, 2.75) is 25.6 Å². The number of epoxide rings is 1. The van der Waals surface area contributed by atoms with Crippen LogP contribution in [0.15, 0.2) is 0 Å². The van der Waals surface area contributed by atoms with E-state index in [2.05, 4.69) is 0 Å². The van der Waals surface area contributed by atoms with Crippen LogP contribution in [0.1, 0.15) is 13.3 Å². The molecule has 0 N–H and O–H groups in total. The van der Waals surface area contributed by atoms with Crippen LogP contribution < -0.4 is 0 Å². The number of hydrogen-bond donors (Lipinski definition) is 0. The molecule has 0 aromatic rings. The van der Waals surface area contributed by atoms with Crippen molar-refractivity contribution in [3.05, 3.63) is 0 Å². The molecule has 3 atom stereocenters. The Morgan fingerprint density at radius 1 is 1.80 bits per heavy atom. The Labute approximate surface area is 59.3 Å². The number of carbonyl (C=O) groups excluding carboxylic acids is 1. The first-order chi connectivity index (χ1) is 4.77. The summed E-state index contributed by atoms with van der Waals surface area (Å²) in [7, 11) is 0. The number of fused-ring (bicyclic) bond motifs is 1. The molecule has 0 spiro atoms. The summed E-state index contributed by atoms with van der Waals surface area (Å²) in [5, 5.41) is 0. The van der Waals surface area contributed by atoms with E-state index in [1.807, 2.05) is 0 Å². The van der Waals surface area contributed by atoms with E-state index in [4.69, 9.17) is 9.47 Å². The van der Waals surface area contributed by atoms with E-state index in [-0.39, 0.29) is 5.97 Å². The fourth-order valence-corrected chi connectivity index (χ4v) is 1.38. The van der Waals surface area contributed by atoms with Crippen LogP contribution >= 0.6 is 0 Å². The van der Waals surface area contributed by atoms with Crippen molar-refractivity contribution < 1.29 is 14.3 Å². The zero-order valence-corrected chi connectivity index (χ0v) is 5.87. The van der Waals surface area contributed by atoms with Gasteiger partial charge in [-0.1, -0.05) is 0 Å². The summed E-state index contributed by atoms with van der Waals surface area (Å²) in [5.74, 6) is 0.304. The molecule has 0 aromatic carbocycles. The maximum Gasteiger partial charge on any atom is 0.302 e. The van der Waals surface area contributed by atoms with Crippen LogP contribution in [0.25, 0.3) is 0 Å². The molecular weight excluding hydrogens is 132 g/mol. The number of esters is 1. The Hall–Kier alpha value is -0.570. The van der Waals surface area contributed by atoms with Crippen molar-refractivity contribution in [1.82, 2.24) is 0 Å². The summed E-state index contributed by atoms with van der Waals surface area (Å²) in [6, 6.07) is 0. The zero-order chi connectivity index (χ0) is 7.14. The van der Waals surface area contributed by atoms with Crippen molar-refractivity contribution in [3.8, 4) is 0 Å². The van der Waals surface area contributed by atoms with Crippen molar-refractivity contribution in [1.29, 1.82) is 0 Å². The second kappa shape index (κ2) is 1.95. The van der Waals surface area contributed by atoms with Gasteiger partial charge in [-0.15, -0.1) is 0 Å². The molecule has 10 heavy (non-hydrogen) atoms. The van der Waals surface area contributed by atoms with Gasteiger partial charge in [-0.2, -0.15) is 0 Å². The minimum atomic E-state index is -0.191. The van der Waals surface area contributed by atoms with E-state index in [1.165, 1.54) is 6.92 Å². The van der Waals surface area contributed by atoms with Gasteiger partial charge in [0.25, 0.3) is 0 Å². The van der Waals surface area contributed by atoms with Gasteiger partial charge in [-0.3, -0.25) is 4.79 Å². The summed E-state index contributed by atoms with van der Waals surface area (Å²) < 4.78 is 10.0. The number of ether oxygens (including phenoxy) is 2. The highest BCUT2D eigenvalue weighted by molar-refractivity contribution is 5.65. The highest BCUT2D eigenvalue weighted by atomic mass is 16.6. The molecule has 1 saturated heterocycles. The van der Waals surface area contributed by atoms with Crippen LogP contribution in [0.3, 0.4) is 0 Å². The fraction of sp³-hybridized carbons (Fsp3) is 0.857. The summed E-state index contributed by atoms with van der Waals surface area (Å²) in [4.78, 5) is 10.3. The Bertz CT molecular complexity index is 166. The van der Waals surface area contributed by atoms with Crippen LogP contribution in [0.2, 0.25) is 0 Å². The average Bonchev–Trinajstić information content (AvgIpc) is 2.41. The first-order valence-electron chi connectivity index (χ1n) is 3.56. The summed E-state index contributed by atoms with van der Waals surface area (Å²) in [6.45, 7) is 1.99. The quantitative estimate of drug-likeness (QED) is 0.412. The van der Waals surface area contributed by atoms with E-state index < -0.39 is 0 Å². The van der Waals surface area contributed by atoms with E-state index in [0.29, 0.717) is 24.7 Å². The molecule has 2 aliphatic rings. The molecule has 0 unspecified atom stereocenters. The molecule has 3 nitrogen and oxygen atoms in total. The number of hydrogen-bond acceptors (Lipinski definition) is 3. The fourth-order valence-electron chi connectivity index (χ4n) is 1.38. The number of carbonyl (C=O) groups is 1. The molecule has 2 fully saturated rings. The molecule has 0 bridgehead atoms. The lowest BCUT2D eigenvalue weighted by Gasteiger charge is -2.18. The Morgan fingerprint density at radius 2 is 2.60 bits per heavy atom. The lowest BCUT2D eigenvalue weighted by molar-refractivity contribution is -0.142. The maximum atomic E-state index is 10.3. The van der Waals surface area contributed by atoms with E-state index >= 15 is 0 Å². The second-order valence-corrected chi connectivity index (χ2v) is 2.94. The molecular formula is C7H10O3. The van der Waals surface area contributed by atoms with Crippen molar-refractivity contribution in [2.75, 3.05) is 6.61 Å². The average molecular weight is 142 g/mol. The van der Waals surface area contributed by atoms with Gasteiger partial charge in [-0.25, -0.2) is 0 Å². The Kier molecular flexibility index (Phi) is 1.20. The third-order valence-electron chi connectivity index (χ3n) is 2.12. The van der Waals surface area contributed by atoms with Crippen LogP contribution in [0, 0.1) is 5.92 Å². The standard InChI is InChI=1S/C7H10O3/c1-4(8)9-3-5-2-6-7(5)10-6/h5-7H,2-3H2,1H3/t5-,6+,7-/m1/s1. The summed E-state index contributed by atoms with van der Waals surface area (Å²) in [5.41, 5.74) is 0. The molecule has 1 saturated carbocycles. The predicted molar refractivity (Wildman–Crippen MR) is 33.4 cm³/mol. The summed E-state index contributed by atoms with van der Waals surface area (Å²) in [6.07, 6.45) is 2.03. The van der Waals surface area contributed by atoms with Gasteiger partial charge in [0, 0.05) is 12.8 Å². The van der Waals surface area contributed by atoms with Crippen LogP contribution in [-0.2, 0) is 14.3 Å². The molecule has 2 rings (SSSR count). The van der Waals surface area contributed by atoms with Gasteiger partial charge < -0.3 is 9.47 Å². The SMILES string of the molecule is CC(=O)OC[C@H]1C[C@@H]2O[C@H]12. The molecule has 0 aromatic heterocycles. The monoisotopic (exact) mass is 142 g/mol. The normalized spacial score (nSPS) is 41.5. The van der Waals surface area contributed by atoms with Gasteiger partial charge >= 0.3 is 5.97 Å². The second-order valence-electron chi connectivity index (χ2n) is 2.94. The van der Waals surface area contributed by atoms with Crippen molar-refractivity contribution in [2.24, 2.45) is 5.92 Å². The Morgan fingerprint density at radius 3 is 3.00 bits per heavy atom. The van der Waals surface area contributed by atoms with E-state index in [0.717, 1.165) is 6.42 Å². The molecule has 3 heteroatoms. The first kappa shape index (κ1) is 6.16. The predicted octanol–water partition coefficient (Wildman–Crippen LogP) is 0.337. The van der Waals surface area contributed by atoms with Gasteiger partial charge in [0.05, 0.1) is 18.8 Å². The van der Waals surface area contributed by atoms with Crippen LogP contribution in [0.4, 0.5) is 0 Å². The minimum absolute atomic E-state index is 0.191. The lowest BCUT2D eigenvalue weighted by Crippen LogP contribution is -2.28. The highest BCUT2D eigenvalue weighted by Crippen LogP contribution is 2.46. The molecule has 56 valence electrons. The smallest absolute Gasteiger partial charge is 0.302 e. The third-order valence-corrected chi connectivity index (χ3v) is 2.12. The lowest BCUT2D eigenvalue weighted by atomic mass is 9.86. The number of rotatable bonds is 2. The Balaban J connectivity index is 1.67. The first-order valence-corrected chi connectivity index (χ1v) is 3.56. The minimum Gasteiger partial charge on any atom is -0.465 e. The molecule has 0 amide bonds. The van der Waals surface area contributed by atoms with Gasteiger partial charge in [-0.05, 0) is 6.42 Å². The molecule has 1 aliphatic heterocycles. The molecule has 1 heterocycles. The largest absolute Gasteiger partial charge is 0.465 e. The molecule has 0 radical (unpaired) electrons. The van der Waals surface area contributed by atoms with E-state index in [9.17, 15) is 4.79 Å². The van der Waals surface area contributed by atoms with Gasteiger partial charge in [0.2, 0.25) is 0 Å². The topological polar surface area (TPSA) is 38.8 Å². The van der Waals surface area contributed by atoms with Crippen LogP contribution in [0.5, 0.6) is 0 Å². The van der Waals surface area contributed by atoms with Crippen LogP contribution in [-0.4, -0.2) is 24.8 Å². The third kappa shape index (κ3) is 0.904. The zero-order valence-electron chi connectivity index (χ0n) is 5.87. The summed E-state index contributed by atoms with van der Waals surface area (Å²) >= 11 is 0. The van der Waals surface area contributed by atoms with Crippen molar-refractivity contribution >= 4 is 5.97 Å². The highest BCUT2D eigenvalue weighted by Gasteiger charge is 2.56. The van der Waals surface area contributed by atoms with Gasteiger partial charge in [0.1, 0.15) is 0 Å².